The van der Waals surface area contributed by atoms with E-state index in [9.17, 15) is 9.18 Å². The van der Waals surface area contributed by atoms with Gasteiger partial charge in [-0.15, -0.1) is 0 Å². The monoisotopic (exact) mass is 300 g/mol. The molecule has 2 rings (SSSR count). The van der Waals surface area contributed by atoms with Gasteiger partial charge in [-0.1, -0.05) is 24.3 Å². The molecule has 22 heavy (non-hydrogen) atoms. The van der Waals surface area contributed by atoms with E-state index in [0.29, 0.717) is 13.0 Å². The lowest BCUT2D eigenvalue weighted by Gasteiger charge is -2.15. The van der Waals surface area contributed by atoms with Crippen molar-refractivity contribution in [1.29, 1.82) is 0 Å². The average molecular weight is 300 g/mol. The molecular formula is C18H21FN2O. The van der Waals surface area contributed by atoms with E-state index in [1.165, 1.54) is 12.1 Å². The zero-order valence-corrected chi connectivity index (χ0v) is 12.9. The molecule has 0 saturated heterocycles. The molecule has 0 bridgehead atoms. The molecule has 0 aliphatic heterocycles. The molecule has 2 N–H and O–H groups in total. The first-order valence-corrected chi connectivity index (χ1v) is 7.40. The molecule has 0 heterocycles. The van der Waals surface area contributed by atoms with Gasteiger partial charge in [-0.3, -0.25) is 4.79 Å². The maximum atomic E-state index is 12.8. The van der Waals surface area contributed by atoms with Crippen molar-refractivity contribution in [3.8, 4) is 0 Å². The van der Waals surface area contributed by atoms with Crippen molar-refractivity contribution < 1.29 is 9.18 Å². The summed E-state index contributed by atoms with van der Waals surface area (Å²) in [7, 11) is 0. The fourth-order valence-electron chi connectivity index (χ4n) is 2.18. The number of amides is 1. The predicted molar refractivity (Wildman–Crippen MR) is 87.4 cm³/mol. The number of nitrogens with one attached hydrogen (secondary N) is 2. The molecule has 0 fully saturated rings. The van der Waals surface area contributed by atoms with E-state index >= 15 is 0 Å². The van der Waals surface area contributed by atoms with Crippen LogP contribution in [0.1, 0.15) is 18.1 Å². The molecule has 0 aliphatic rings. The third-order valence-electron chi connectivity index (χ3n) is 3.42. The highest BCUT2D eigenvalue weighted by atomic mass is 19.1. The van der Waals surface area contributed by atoms with E-state index in [1.54, 1.807) is 12.1 Å². The summed E-state index contributed by atoms with van der Waals surface area (Å²) < 4.78 is 12.8. The third kappa shape index (κ3) is 4.88. The second-order valence-electron chi connectivity index (χ2n) is 5.40. The minimum absolute atomic E-state index is 0.0522. The van der Waals surface area contributed by atoms with Crippen LogP contribution < -0.4 is 10.6 Å². The molecule has 1 amide bonds. The van der Waals surface area contributed by atoms with Gasteiger partial charge in [0.1, 0.15) is 11.9 Å². The normalized spacial score (nSPS) is 11.8. The van der Waals surface area contributed by atoms with Crippen LogP contribution in [0.25, 0.3) is 0 Å². The van der Waals surface area contributed by atoms with E-state index in [4.69, 9.17) is 0 Å². The maximum absolute atomic E-state index is 12.8. The van der Waals surface area contributed by atoms with Gasteiger partial charge >= 0.3 is 0 Å². The minimum atomic E-state index is -0.310. The molecular weight excluding hydrogens is 279 g/mol. The van der Waals surface area contributed by atoms with Gasteiger partial charge in [-0.25, -0.2) is 4.39 Å². The Bertz CT molecular complexity index is 625. The van der Waals surface area contributed by atoms with Gasteiger partial charge in [0.15, 0.2) is 0 Å². The Hall–Kier alpha value is -2.36. The number of halogens is 1. The number of carbonyl (C=O) groups excluding carboxylic acids is 1. The van der Waals surface area contributed by atoms with Gasteiger partial charge in [0, 0.05) is 12.2 Å². The van der Waals surface area contributed by atoms with Crippen molar-refractivity contribution >= 4 is 11.6 Å². The van der Waals surface area contributed by atoms with Gasteiger partial charge < -0.3 is 10.6 Å². The molecule has 0 aromatic heterocycles. The lowest BCUT2D eigenvalue weighted by molar-refractivity contribution is -0.121. The van der Waals surface area contributed by atoms with Crippen molar-refractivity contribution in [2.45, 2.75) is 26.3 Å². The summed E-state index contributed by atoms with van der Waals surface area (Å²) in [6, 6.07) is 13.9. The van der Waals surface area contributed by atoms with Crippen LogP contribution in [0.4, 0.5) is 10.1 Å². The van der Waals surface area contributed by atoms with Crippen LogP contribution >= 0.6 is 0 Å². The molecule has 0 aliphatic carbocycles. The molecule has 0 spiro atoms. The number of aryl methyl sites for hydroxylation is 1. The topological polar surface area (TPSA) is 41.1 Å². The molecule has 1 atom stereocenters. The molecule has 2 aromatic rings. The Morgan fingerprint density at radius 1 is 1.18 bits per heavy atom. The summed E-state index contributed by atoms with van der Waals surface area (Å²) in [5, 5.41) is 6.06. The summed E-state index contributed by atoms with van der Waals surface area (Å²) >= 11 is 0. The predicted octanol–water partition coefficient (Wildman–Crippen LogP) is 3.29. The Morgan fingerprint density at radius 3 is 2.59 bits per heavy atom. The van der Waals surface area contributed by atoms with E-state index in [0.717, 1.165) is 16.8 Å². The number of anilines is 1. The lowest BCUT2D eigenvalue weighted by atomic mass is 10.1. The molecule has 2 aromatic carbocycles. The second kappa shape index (κ2) is 7.59. The fourth-order valence-corrected chi connectivity index (χ4v) is 2.18. The van der Waals surface area contributed by atoms with Crippen molar-refractivity contribution in [3.05, 3.63) is 65.5 Å². The highest BCUT2D eigenvalue weighted by Gasteiger charge is 2.11. The largest absolute Gasteiger partial charge is 0.374 e. The smallest absolute Gasteiger partial charge is 0.242 e. The molecule has 0 saturated carbocycles. The number of rotatable bonds is 6. The first kappa shape index (κ1) is 16.0. The molecule has 0 radical (unpaired) electrons. The summed E-state index contributed by atoms with van der Waals surface area (Å²) in [6.07, 6.45) is 0.684. The zero-order chi connectivity index (χ0) is 15.9. The lowest BCUT2D eigenvalue weighted by Crippen LogP contribution is -2.38. The van der Waals surface area contributed by atoms with E-state index in [-0.39, 0.29) is 17.8 Å². The SMILES string of the molecule is Cc1cccc(NC(C)C(=O)NCCc2ccc(F)cc2)c1. The van der Waals surface area contributed by atoms with Crippen LogP contribution in [0.3, 0.4) is 0 Å². The van der Waals surface area contributed by atoms with Crippen molar-refractivity contribution in [2.24, 2.45) is 0 Å². The van der Waals surface area contributed by atoms with E-state index in [1.807, 2.05) is 38.1 Å². The fraction of sp³-hybridized carbons (Fsp3) is 0.278. The second-order valence-corrected chi connectivity index (χ2v) is 5.40. The Kier molecular flexibility index (Phi) is 5.53. The van der Waals surface area contributed by atoms with Gasteiger partial charge in [0.05, 0.1) is 0 Å². The molecule has 3 nitrogen and oxygen atoms in total. The molecule has 1 unspecified atom stereocenters. The Balaban J connectivity index is 1.77. The van der Waals surface area contributed by atoms with Crippen molar-refractivity contribution in [3.63, 3.8) is 0 Å². The highest BCUT2D eigenvalue weighted by Crippen LogP contribution is 2.10. The maximum Gasteiger partial charge on any atom is 0.242 e. The summed E-state index contributed by atoms with van der Waals surface area (Å²) in [5.74, 6) is -0.299. The van der Waals surface area contributed by atoms with E-state index < -0.39 is 0 Å². The number of hydrogen-bond acceptors (Lipinski definition) is 2. The van der Waals surface area contributed by atoms with Gasteiger partial charge in [0.2, 0.25) is 5.91 Å². The van der Waals surface area contributed by atoms with Crippen molar-refractivity contribution in [1.82, 2.24) is 5.32 Å². The van der Waals surface area contributed by atoms with Crippen LogP contribution in [0.5, 0.6) is 0 Å². The first-order valence-electron chi connectivity index (χ1n) is 7.40. The third-order valence-corrected chi connectivity index (χ3v) is 3.42. The number of hydrogen-bond donors (Lipinski definition) is 2. The number of benzene rings is 2. The number of carbonyl (C=O) groups is 1. The van der Waals surface area contributed by atoms with Crippen LogP contribution in [-0.2, 0) is 11.2 Å². The van der Waals surface area contributed by atoms with Gasteiger partial charge in [-0.05, 0) is 55.7 Å². The van der Waals surface area contributed by atoms with Crippen LogP contribution in [-0.4, -0.2) is 18.5 Å². The van der Waals surface area contributed by atoms with E-state index in [2.05, 4.69) is 10.6 Å². The summed E-state index contributed by atoms with van der Waals surface area (Å²) in [5.41, 5.74) is 3.08. The summed E-state index contributed by atoms with van der Waals surface area (Å²) in [6.45, 7) is 4.37. The van der Waals surface area contributed by atoms with Crippen LogP contribution in [0.15, 0.2) is 48.5 Å². The Morgan fingerprint density at radius 2 is 1.91 bits per heavy atom. The standard InChI is InChI=1S/C18H21FN2O/c1-13-4-3-5-17(12-13)21-14(2)18(22)20-11-10-15-6-8-16(19)9-7-15/h3-9,12,14,21H,10-11H2,1-2H3,(H,20,22). The molecule has 116 valence electrons. The first-order chi connectivity index (χ1) is 10.5. The average Bonchev–Trinajstić information content (AvgIpc) is 2.49. The quantitative estimate of drug-likeness (QED) is 0.859. The minimum Gasteiger partial charge on any atom is -0.374 e. The van der Waals surface area contributed by atoms with Gasteiger partial charge in [0.25, 0.3) is 0 Å². The Labute approximate surface area is 130 Å². The molecule has 4 heteroatoms. The van der Waals surface area contributed by atoms with Gasteiger partial charge in [-0.2, -0.15) is 0 Å². The van der Waals surface area contributed by atoms with Crippen molar-refractivity contribution in [2.75, 3.05) is 11.9 Å². The summed E-state index contributed by atoms with van der Waals surface area (Å²) in [4.78, 5) is 12.0. The zero-order valence-electron chi connectivity index (χ0n) is 12.9. The van der Waals surface area contributed by atoms with Crippen LogP contribution in [0, 0.1) is 12.7 Å². The van der Waals surface area contributed by atoms with Crippen LogP contribution in [0.2, 0.25) is 0 Å². The highest BCUT2D eigenvalue weighted by molar-refractivity contribution is 5.84.